The predicted octanol–water partition coefficient (Wildman–Crippen LogP) is 0.781. The molecular weight excluding hydrogens is 530 g/mol. The molecule has 10 heteroatoms. The molecule has 1 aliphatic heterocycles. The molecule has 14 atom stereocenters. The molecule has 6 aliphatic rings. The van der Waals surface area contributed by atoms with Crippen molar-refractivity contribution in [2.24, 2.45) is 40.4 Å². The number of hydrogen-bond acceptors (Lipinski definition) is 10. The number of benzene rings is 1. The second-order valence-electron chi connectivity index (χ2n) is 13.4. The summed E-state index contributed by atoms with van der Waals surface area (Å²) in [5, 5.41) is 24.2. The van der Waals surface area contributed by atoms with Crippen molar-refractivity contribution in [2.75, 3.05) is 48.6 Å². The maximum atomic E-state index is 14.4. The Morgan fingerprint density at radius 3 is 2.44 bits per heavy atom. The minimum Gasteiger partial charge on any atom is -0.455 e. The maximum absolute atomic E-state index is 14.4. The summed E-state index contributed by atoms with van der Waals surface area (Å²) in [6, 6.07) is 8.62. The number of hydrogen-bond donors (Lipinski definition) is 2. The second kappa shape index (κ2) is 9.29. The molecule has 0 unspecified atom stereocenters. The van der Waals surface area contributed by atoms with Crippen molar-refractivity contribution in [2.45, 2.75) is 55.0 Å². The minimum absolute atomic E-state index is 0.0986. The lowest BCUT2D eigenvalue weighted by atomic mass is 9.43. The number of methoxy groups -OCH3 is 4. The van der Waals surface area contributed by atoms with Gasteiger partial charge in [-0.15, -0.1) is 0 Å². The van der Waals surface area contributed by atoms with E-state index in [-0.39, 0.29) is 48.2 Å². The van der Waals surface area contributed by atoms with Crippen molar-refractivity contribution in [1.29, 1.82) is 0 Å². The van der Waals surface area contributed by atoms with Gasteiger partial charge >= 0.3 is 5.97 Å². The van der Waals surface area contributed by atoms with Gasteiger partial charge in [0.25, 0.3) is 0 Å². The number of ether oxygens (including phenoxy) is 5. The van der Waals surface area contributed by atoms with Gasteiger partial charge in [-0.1, -0.05) is 18.2 Å². The van der Waals surface area contributed by atoms with Crippen molar-refractivity contribution in [1.82, 2.24) is 4.90 Å². The Bertz CT molecular complexity index is 1230. The monoisotopic (exact) mass is 571 g/mol. The molecule has 224 valence electrons. The van der Waals surface area contributed by atoms with Crippen LogP contribution in [-0.4, -0.2) is 118 Å². The molecule has 0 radical (unpaired) electrons. The van der Waals surface area contributed by atoms with E-state index in [9.17, 15) is 19.8 Å². The molecule has 0 aromatic heterocycles. The van der Waals surface area contributed by atoms with Crippen LogP contribution in [0.25, 0.3) is 0 Å². The average molecular weight is 572 g/mol. The normalized spacial score (nSPS) is 51.1. The van der Waals surface area contributed by atoms with Crippen molar-refractivity contribution in [3.63, 3.8) is 0 Å². The molecule has 1 saturated heterocycles. The molecule has 1 spiro atoms. The molecular formula is C31H41NO9. The number of Topliss-reactive ketones (excluding diaryl/α,β-unsaturated/α-hetero) is 1. The van der Waals surface area contributed by atoms with Crippen LogP contribution in [0.15, 0.2) is 30.3 Å². The summed E-state index contributed by atoms with van der Waals surface area (Å²) in [7, 11) is 8.50. The molecule has 7 rings (SSSR count). The Balaban J connectivity index is 1.44. The molecule has 2 N–H and O–H groups in total. The largest absolute Gasteiger partial charge is 0.455 e. The summed E-state index contributed by atoms with van der Waals surface area (Å²) in [5.41, 5.74) is -2.57. The van der Waals surface area contributed by atoms with E-state index >= 15 is 0 Å². The summed E-state index contributed by atoms with van der Waals surface area (Å²) in [4.78, 5) is 30.1. The highest BCUT2D eigenvalue weighted by molar-refractivity contribution is 5.92. The number of nitrogens with zero attached hydrogens (tertiary/aromatic N) is 1. The van der Waals surface area contributed by atoms with E-state index in [1.54, 1.807) is 45.6 Å². The van der Waals surface area contributed by atoms with Crippen molar-refractivity contribution in [3.05, 3.63) is 35.9 Å². The number of carbonyl (C=O) groups is 2. The van der Waals surface area contributed by atoms with Gasteiger partial charge in [0, 0.05) is 81.9 Å². The highest BCUT2D eigenvalue weighted by Crippen LogP contribution is 2.78. The quantitative estimate of drug-likeness (QED) is 0.454. The predicted molar refractivity (Wildman–Crippen MR) is 144 cm³/mol. The van der Waals surface area contributed by atoms with E-state index < -0.39 is 52.5 Å². The standard InChI is InChI=1S/C31H41NO9/c1-32-13-29(14-37-2)17(33)11-18(38-3)31-16-12-30(36)26(41-28(35)15-9-7-6-8-10-15)19(16)20(22(34)27(30)40-5)21(25(31)32)23(39-4)24(29)31/h6-10,16-21,23-27,33,36H,11-14H2,1-5H3/t16-,17-,18+,19+,20+,21-,23+,24+,25+,26+,27-,29-,30-,31-/m1/s1. The number of rotatable bonds is 7. The Morgan fingerprint density at radius 1 is 1.07 bits per heavy atom. The first-order chi connectivity index (χ1) is 19.7. The van der Waals surface area contributed by atoms with E-state index in [4.69, 9.17) is 23.7 Å². The molecule has 41 heavy (non-hydrogen) atoms. The minimum atomic E-state index is -1.70. The van der Waals surface area contributed by atoms with Gasteiger partial charge in [-0.2, -0.15) is 0 Å². The summed E-state index contributed by atoms with van der Waals surface area (Å²) in [6.45, 7) is 0.919. The number of aliphatic hydroxyl groups is 2. The average Bonchev–Trinajstić information content (AvgIpc) is 3.32. The van der Waals surface area contributed by atoms with Crippen LogP contribution in [0.5, 0.6) is 0 Å². The van der Waals surface area contributed by atoms with Crippen molar-refractivity contribution < 1.29 is 43.5 Å². The summed E-state index contributed by atoms with van der Waals surface area (Å²) in [5.74, 6) is -2.44. The molecule has 1 heterocycles. The van der Waals surface area contributed by atoms with Crippen LogP contribution in [-0.2, 0) is 28.5 Å². The molecule has 10 nitrogen and oxygen atoms in total. The van der Waals surface area contributed by atoms with E-state index in [0.29, 0.717) is 25.1 Å². The fourth-order valence-corrected chi connectivity index (χ4v) is 11.6. The van der Waals surface area contributed by atoms with Gasteiger partial charge in [0.15, 0.2) is 5.78 Å². The van der Waals surface area contributed by atoms with Crippen LogP contribution < -0.4 is 0 Å². The fourth-order valence-electron chi connectivity index (χ4n) is 11.6. The Morgan fingerprint density at radius 2 is 1.80 bits per heavy atom. The molecule has 1 aromatic carbocycles. The fraction of sp³-hybridized carbons (Fsp3) is 0.742. The first-order valence-electron chi connectivity index (χ1n) is 14.6. The number of carbonyl (C=O) groups excluding carboxylic acids is 2. The van der Waals surface area contributed by atoms with Crippen LogP contribution in [0.2, 0.25) is 0 Å². The van der Waals surface area contributed by atoms with Crippen LogP contribution in [0.4, 0.5) is 0 Å². The molecule has 5 aliphatic carbocycles. The number of aliphatic hydroxyl groups excluding tert-OH is 1. The Hall–Kier alpha value is -1.92. The SMILES string of the molecule is COC[C@@]12CN(C)[C@H]3[C@H]4[C@H](OC)[C@@H]1[C@]3([C@@H](OC)C[C@H]2O)[C@@H]1C[C@]2(O)[C@H](OC)C(=O)[C@H]4[C@H]1[C@@H]2OC(=O)c1ccccc1. The molecule has 1 aromatic rings. The van der Waals surface area contributed by atoms with Gasteiger partial charge < -0.3 is 38.8 Å². The number of ketones is 1. The van der Waals surface area contributed by atoms with Crippen LogP contribution in [0, 0.1) is 40.4 Å². The molecule has 6 fully saturated rings. The van der Waals surface area contributed by atoms with E-state index in [1.807, 2.05) is 6.07 Å². The molecule has 5 saturated carbocycles. The first kappa shape index (κ1) is 27.9. The maximum Gasteiger partial charge on any atom is 0.338 e. The number of fused-ring (bicyclic) bond motifs is 2. The summed E-state index contributed by atoms with van der Waals surface area (Å²) >= 11 is 0. The zero-order valence-corrected chi connectivity index (χ0v) is 24.3. The smallest absolute Gasteiger partial charge is 0.338 e. The van der Waals surface area contributed by atoms with Crippen LogP contribution >= 0.6 is 0 Å². The third-order valence-corrected chi connectivity index (χ3v) is 12.2. The number of esters is 1. The van der Waals surface area contributed by atoms with Gasteiger partial charge in [0.1, 0.15) is 17.8 Å². The van der Waals surface area contributed by atoms with Crippen molar-refractivity contribution in [3.8, 4) is 0 Å². The van der Waals surface area contributed by atoms with Crippen LogP contribution in [0.3, 0.4) is 0 Å². The highest BCUT2D eigenvalue weighted by Gasteiger charge is 2.87. The lowest BCUT2D eigenvalue weighted by Gasteiger charge is -2.68. The number of piperidine rings is 1. The Kier molecular flexibility index (Phi) is 6.32. The van der Waals surface area contributed by atoms with Crippen molar-refractivity contribution >= 4 is 11.8 Å². The third-order valence-electron chi connectivity index (χ3n) is 12.2. The molecule has 7 bridgehead atoms. The lowest BCUT2D eigenvalue weighted by molar-refractivity contribution is -0.277. The highest BCUT2D eigenvalue weighted by atomic mass is 16.6. The van der Waals surface area contributed by atoms with Gasteiger partial charge in [-0.3, -0.25) is 4.79 Å². The zero-order chi connectivity index (χ0) is 29.1. The van der Waals surface area contributed by atoms with E-state index in [1.165, 1.54) is 7.11 Å². The van der Waals surface area contributed by atoms with E-state index in [0.717, 1.165) is 0 Å². The van der Waals surface area contributed by atoms with Gasteiger partial charge in [0.2, 0.25) is 0 Å². The van der Waals surface area contributed by atoms with Gasteiger partial charge in [0.05, 0.1) is 30.5 Å². The van der Waals surface area contributed by atoms with Gasteiger partial charge in [-0.25, -0.2) is 4.79 Å². The van der Waals surface area contributed by atoms with Crippen LogP contribution in [0.1, 0.15) is 23.2 Å². The summed E-state index contributed by atoms with van der Waals surface area (Å²) < 4.78 is 30.5. The van der Waals surface area contributed by atoms with E-state index in [2.05, 4.69) is 11.9 Å². The molecule has 0 amide bonds. The second-order valence-corrected chi connectivity index (χ2v) is 13.4. The number of likely N-dealkylation sites (tertiary alicyclic amines) is 1. The zero-order valence-electron chi connectivity index (χ0n) is 24.3. The van der Waals surface area contributed by atoms with Gasteiger partial charge in [-0.05, 0) is 31.5 Å². The third kappa shape index (κ3) is 3.12. The lowest BCUT2D eigenvalue weighted by Crippen LogP contribution is -2.76. The summed E-state index contributed by atoms with van der Waals surface area (Å²) in [6.07, 6.45) is -2.91. The topological polar surface area (TPSA) is 124 Å². The Labute approximate surface area is 240 Å². The first-order valence-corrected chi connectivity index (χ1v) is 14.6.